The number of aliphatic hydroxyl groups excluding tert-OH is 2. The van der Waals surface area contributed by atoms with Crippen LogP contribution in [-0.2, 0) is 14.3 Å². The number of carbonyl (C=O) groups excluding carboxylic acids is 2. The van der Waals surface area contributed by atoms with E-state index in [0.717, 1.165) is 51.4 Å². The minimum Gasteiger partial charge on any atom is -0.466 e. The van der Waals surface area contributed by atoms with Crippen molar-refractivity contribution in [1.82, 2.24) is 5.32 Å². The second-order valence-corrected chi connectivity index (χ2v) is 22.8. The Morgan fingerprint density at radius 1 is 0.378 bits per heavy atom. The maximum Gasteiger partial charge on any atom is 0.305 e. The lowest BCUT2D eigenvalue weighted by Gasteiger charge is -2.20. The summed E-state index contributed by atoms with van der Waals surface area (Å²) in [6, 6.07) is -0.629. The first-order chi connectivity index (χ1) is 36.5. The van der Waals surface area contributed by atoms with E-state index in [4.69, 9.17) is 4.74 Å². The van der Waals surface area contributed by atoms with Gasteiger partial charge in [0.2, 0.25) is 5.91 Å². The number of carbonyl (C=O) groups is 2. The minimum atomic E-state index is -0.845. The van der Waals surface area contributed by atoms with Crippen molar-refractivity contribution >= 4 is 11.9 Å². The van der Waals surface area contributed by atoms with Crippen LogP contribution in [0.3, 0.4) is 0 Å². The molecular formula is C68H129NO5. The van der Waals surface area contributed by atoms with Crippen molar-refractivity contribution < 1.29 is 24.5 Å². The summed E-state index contributed by atoms with van der Waals surface area (Å²) in [6.07, 6.45) is 80.5. The Kier molecular flexibility index (Phi) is 62.0. The zero-order valence-corrected chi connectivity index (χ0v) is 49.8. The predicted molar refractivity (Wildman–Crippen MR) is 324 cm³/mol. The Labute approximate surface area is 462 Å². The van der Waals surface area contributed by atoms with E-state index in [9.17, 15) is 19.8 Å². The fraction of sp³-hybridized carbons (Fsp3) is 0.882. The van der Waals surface area contributed by atoms with Gasteiger partial charge in [-0.15, -0.1) is 0 Å². The van der Waals surface area contributed by atoms with Gasteiger partial charge >= 0.3 is 5.97 Å². The number of aliphatic hydroxyl groups is 2. The molecule has 436 valence electrons. The molecule has 0 aromatic carbocycles. The van der Waals surface area contributed by atoms with Crippen molar-refractivity contribution in [3.05, 3.63) is 36.5 Å². The third kappa shape index (κ3) is 59.3. The van der Waals surface area contributed by atoms with Gasteiger partial charge in [-0.25, -0.2) is 0 Å². The van der Waals surface area contributed by atoms with Crippen molar-refractivity contribution in [2.24, 2.45) is 0 Å². The number of ether oxygens (including phenoxy) is 1. The number of rotatable bonds is 62. The van der Waals surface area contributed by atoms with E-state index in [-0.39, 0.29) is 18.5 Å². The topological polar surface area (TPSA) is 95.9 Å². The fourth-order valence-electron chi connectivity index (χ4n) is 10.3. The summed E-state index contributed by atoms with van der Waals surface area (Å²) >= 11 is 0. The highest BCUT2D eigenvalue weighted by atomic mass is 16.5. The Morgan fingerprint density at radius 3 is 1.05 bits per heavy atom. The summed E-state index contributed by atoms with van der Waals surface area (Å²) < 4.78 is 5.49. The van der Waals surface area contributed by atoms with Crippen LogP contribution >= 0.6 is 0 Å². The SMILES string of the molecule is CCCCC/C=C\C/C=C\CCCCCCCCCC(=O)OCCCCCCCCCCCCCCCCCCCCCCCCC(=O)NC(CO)C(O)/C=C/CCCCCCCCCCCCCCCCCC. The molecule has 0 saturated heterocycles. The molecule has 2 atom stereocenters. The number of allylic oxidation sites excluding steroid dienone is 5. The molecule has 0 radical (unpaired) electrons. The van der Waals surface area contributed by atoms with Crippen molar-refractivity contribution in [3.63, 3.8) is 0 Å². The predicted octanol–water partition coefficient (Wildman–Crippen LogP) is 21.1. The molecule has 0 fully saturated rings. The molecule has 6 heteroatoms. The highest BCUT2D eigenvalue weighted by Crippen LogP contribution is 2.18. The third-order valence-corrected chi connectivity index (χ3v) is 15.4. The van der Waals surface area contributed by atoms with Gasteiger partial charge in [-0.3, -0.25) is 9.59 Å². The van der Waals surface area contributed by atoms with E-state index in [1.54, 1.807) is 6.08 Å². The molecule has 0 bridgehead atoms. The van der Waals surface area contributed by atoms with Gasteiger partial charge in [0.25, 0.3) is 0 Å². The van der Waals surface area contributed by atoms with E-state index < -0.39 is 12.1 Å². The molecule has 1 amide bonds. The maximum atomic E-state index is 12.5. The molecule has 3 N–H and O–H groups in total. The van der Waals surface area contributed by atoms with Crippen LogP contribution in [0.25, 0.3) is 0 Å². The number of nitrogens with one attached hydrogen (secondary N) is 1. The van der Waals surface area contributed by atoms with Crippen LogP contribution in [0, 0.1) is 0 Å². The van der Waals surface area contributed by atoms with E-state index in [2.05, 4.69) is 43.5 Å². The van der Waals surface area contributed by atoms with Crippen LogP contribution in [0.4, 0.5) is 0 Å². The first kappa shape index (κ1) is 72.1. The maximum absolute atomic E-state index is 12.5. The first-order valence-corrected chi connectivity index (χ1v) is 33.3. The number of amides is 1. The lowest BCUT2D eigenvalue weighted by atomic mass is 10.0. The molecule has 0 aromatic heterocycles. The number of esters is 1. The zero-order chi connectivity index (χ0) is 53.6. The van der Waals surface area contributed by atoms with Gasteiger partial charge in [0, 0.05) is 12.8 Å². The van der Waals surface area contributed by atoms with Crippen molar-refractivity contribution in [2.75, 3.05) is 13.2 Å². The summed E-state index contributed by atoms with van der Waals surface area (Å²) in [7, 11) is 0. The number of hydrogen-bond donors (Lipinski definition) is 3. The smallest absolute Gasteiger partial charge is 0.305 e. The number of unbranched alkanes of at least 4 members (excludes halogenated alkanes) is 47. The summed E-state index contributed by atoms with van der Waals surface area (Å²) in [5, 5.41) is 23.2. The van der Waals surface area contributed by atoms with Crippen LogP contribution in [-0.4, -0.2) is 47.4 Å². The van der Waals surface area contributed by atoms with Crippen LogP contribution in [0.1, 0.15) is 361 Å². The largest absolute Gasteiger partial charge is 0.466 e. The van der Waals surface area contributed by atoms with Gasteiger partial charge in [0.05, 0.1) is 25.4 Å². The average Bonchev–Trinajstić information content (AvgIpc) is 3.40. The normalized spacial score (nSPS) is 12.8. The van der Waals surface area contributed by atoms with Crippen LogP contribution < -0.4 is 5.32 Å². The Morgan fingerprint density at radius 2 is 0.676 bits per heavy atom. The highest BCUT2D eigenvalue weighted by molar-refractivity contribution is 5.76. The fourth-order valence-corrected chi connectivity index (χ4v) is 10.3. The second kappa shape index (κ2) is 63.6. The lowest BCUT2D eigenvalue weighted by Crippen LogP contribution is -2.45. The second-order valence-electron chi connectivity index (χ2n) is 22.8. The van der Waals surface area contributed by atoms with Gasteiger partial charge in [0.1, 0.15) is 0 Å². The summed E-state index contributed by atoms with van der Waals surface area (Å²) in [4.78, 5) is 24.6. The van der Waals surface area contributed by atoms with Gasteiger partial charge < -0.3 is 20.3 Å². The molecular weight excluding hydrogens is 911 g/mol. The quantitative estimate of drug-likeness (QED) is 0.0320. The molecule has 0 spiro atoms. The monoisotopic (exact) mass is 1040 g/mol. The Balaban J connectivity index is 3.40. The molecule has 0 rings (SSSR count). The van der Waals surface area contributed by atoms with Crippen molar-refractivity contribution in [1.29, 1.82) is 0 Å². The number of hydrogen-bond acceptors (Lipinski definition) is 5. The van der Waals surface area contributed by atoms with E-state index in [0.29, 0.717) is 19.4 Å². The molecule has 0 saturated carbocycles. The van der Waals surface area contributed by atoms with Gasteiger partial charge in [-0.2, -0.15) is 0 Å². The average molecular weight is 1040 g/mol. The first-order valence-electron chi connectivity index (χ1n) is 33.3. The highest BCUT2D eigenvalue weighted by Gasteiger charge is 2.18. The molecule has 2 unspecified atom stereocenters. The van der Waals surface area contributed by atoms with Crippen LogP contribution in [0.2, 0.25) is 0 Å². The summed E-state index contributed by atoms with van der Waals surface area (Å²) in [5.74, 6) is -0.0604. The zero-order valence-electron chi connectivity index (χ0n) is 49.8. The summed E-state index contributed by atoms with van der Waals surface area (Å²) in [5.41, 5.74) is 0. The lowest BCUT2D eigenvalue weighted by molar-refractivity contribution is -0.143. The van der Waals surface area contributed by atoms with E-state index in [1.165, 1.54) is 283 Å². The van der Waals surface area contributed by atoms with Crippen LogP contribution in [0.15, 0.2) is 36.5 Å². The van der Waals surface area contributed by atoms with Crippen molar-refractivity contribution in [2.45, 2.75) is 373 Å². The third-order valence-electron chi connectivity index (χ3n) is 15.4. The Bertz CT molecular complexity index is 1200. The van der Waals surface area contributed by atoms with E-state index in [1.807, 2.05) is 6.08 Å². The van der Waals surface area contributed by atoms with Gasteiger partial charge in [0.15, 0.2) is 0 Å². The molecule has 0 aromatic rings. The molecule has 0 aliphatic heterocycles. The molecule has 0 aliphatic carbocycles. The molecule has 74 heavy (non-hydrogen) atoms. The van der Waals surface area contributed by atoms with Crippen LogP contribution in [0.5, 0.6) is 0 Å². The van der Waals surface area contributed by atoms with Crippen molar-refractivity contribution in [3.8, 4) is 0 Å². The van der Waals surface area contributed by atoms with E-state index >= 15 is 0 Å². The van der Waals surface area contributed by atoms with Gasteiger partial charge in [-0.1, -0.05) is 320 Å². The van der Waals surface area contributed by atoms with Gasteiger partial charge in [-0.05, 0) is 64.2 Å². The molecule has 0 aliphatic rings. The summed E-state index contributed by atoms with van der Waals surface area (Å²) in [6.45, 7) is 4.90. The molecule has 0 heterocycles. The standard InChI is InChI=1S/C68H129NO5/c1-3-5-7-9-11-13-15-17-19-21-29-32-36-40-44-48-52-56-60-66(71)65(64-70)69-67(72)61-57-53-49-45-41-37-33-30-26-24-22-23-25-27-31-35-39-43-47-51-55-59-63-74-68(73)62-58-54-50-46-42-38-34-28-20-18-16-14-12-10-8-6-4-2/h12,14,18,20,56,60,65-66,70-71H,3-11,13,15-17,19,21-55,57-59,61-64H2,1-2H3,(H,69,72)/b14-12-,20-18-,60-56+. The molecule has 6 nitrogen and oxygen atoms in total. The minimum absolute atomic E-state index is 0.00529. The Hall–Kier alpha value is -1.92.